The maximum absolute atomic E-state index is 12.3. The molecule has 134 valence electrons. The number of nitrogens with zero attached hydrogens (tertiary/aromatic N) is 1. The summed E-state index contributed by atoms with van der Waals surface area (Å²) in [5.74, 6) is -0.0748. The van der Waals surface area contributed by atoms with Crippen LogP contribution in [0.1, 0.15) is 35.2 Å². The van der Waals surface area contributed by atoms with Crippen LogP contribution in [0.25, 0.3) is 0 Å². The summed E-state index contributed by atoms with van der Waals surface area (Å²) in [6, 6.07) is 5.19. The SMILES string of the molecule is Cc1ccc(C(=O)NCCN2CCNC2=O)cc1NC(=O)C1CCC1. The van der Waals surface area contributed by atoms with Crippen molar-refractivity contribution in [1.82, 2.24) is 15.5 Å². The highest BCUT2D eigenvalue weighted by atomic mass is 16.2. The van der Waals surface area contributed by atoms with Gasteiger partial charge in [0.05, 0.1) is 0 Å². The smallest absolute Gasteiger partial charge is 0.317 e. The van der Waals surface area contributed by atoms with Gasteiger partial charge in [0.2, 0.25) is 5.91 Å². The molecule has 1 aliphatic heterocycles. The molecule has 0 aromatic heterocycles. The molecule has 1 aromatic carbocycles. The molecule has 2 aliphatic rings. The molecule has 1 heterocycles. The molecule has 7 heteroatoms. The van der Waals surface area contributed by atoms with Gasteiger partial charge in [0.1, 0.15) is 0 Å². The molecule has 1 saturated heterocycles. The van der Waals surface area contributed by atoms with Crippen LogP contribution >= 0.6 is 0 Å². The molecule has 1 aromatic rings. The Morgan fingerprint density at radius 2 is 2.12 bits per heavy atom. The van der Waals surface area contributed by atoms with Crippen molar-refractivity contribution in [2.24, 2.45) is 5.92 Å². The molecule has 1 aliphatic carbocycles. The first-order valence-corrected chi connectivity index (χ1v) is 8.77. The maximum atomic E-state index is 12.3. The monoisotopic (exact) mass is 344 g/mol. The van der Waals surface area contributed by atoms with Crippen LogP contribution in [-0.4, -0.2) is 48.9 Å². The maximum Gasteiger partial charge on any atom is 0.317 e. The Morgan fingerprint density at radius 1 is 1.32 bits per heavy atom. The van der Waals surface area contributed by atoms with Crippen molar-refractivity contribution in [2.45, 2.75) is 26.2 Å². The largest absolute Gasteiger partial charge is 0.350 e. The second kappa shape index (κ2) is 7.55. The summed E-state index contributed by atoms with van der Waals surface area (Å²) in [6.45, 7) is 4.09. The quantitative estimate of drug-likeness (QED) is 0.730. The van der Waals surface area contributed by atoms with Crippen molar-refractivity contribution in [3.8, 4) is 0 Å². The van der Waals surface area contributed by atoms with Crippen molar-refractivity contribution in [3.05, 3.63) is 29.3 Å². The third-order valence-electron chi connectivity index (χ3n) is 4.85. The Labute approximate surface area is 147 Å². The molecule has 25 heavy (non-hydrogen) atoms. The lowest BCUT2D eigenvalue weighted by Crippen LogP contribution is -2.36. The van der Waals surface area contributed by atoms with Gasteiger partial charge in [-0.25, -0.2) is 4.79 Å². The Hall–Kier alpha value is -2.57. The molecular weight excluding hydrogens is 320 g/mol. The third kappa shape index (κ3) is 4.10. The number of carbonyl (C=O) groups is 3. The molecule has 0 bridgehead atoms. The highest BCUT2D eigenvalue weighted by molar-refractivity contribution is 5.98. The molecule has 0 spiro atoms. The van der Waals surface area contributed by atoms with Crippen LogP contribution in [0.3, 0.4) is 0 Å². The molecule has 2 fully saturated rings. The van der Waals surface area contributed by atoms with Gasteiger partial charge in [-0.15, -0.1) is 0 Å². The zero-order valence-electron chi connectivity index (χ0n) is 14.4. The standard InChI is InChI=1S/C18H24N4O3/c1-12-5-6-14(11-15(12)21-17(24)13-3-2-4-13)16(23)19-7-9-22-10-8-20-18(22)25/h5-6,11,13H,2-4,7-10H2,1H3,(H,19,23)(H,20,25)(H,21,24). The van der Waals surface area contributed by atoms with Crippen molar-refractivity contribution in [3.63, 3.8) is 0 Å². The first-order chi connectivity index (χ1) is 12.0. The van der Waals surface area contributed by atoms with Gasteiger partial charge in [0.15, 0.2) is 0 Å². The van der Waals surface area contributed by atoms with Gasteiger partial charge in [-0.05, 0) is 37.5 Å². The number of hydrogen-bond donors (Lipinski definition) is 3. The highest BCUT2D eigenvalue weighted by Crippen LogP contribution is 2.28. The lowest BCUT2D eigenvalue weighted by Gasteiger charge is -2.24. The number of hydrogen-bond acceptors (Lipinski definition) is 3. The van der Waals surface area contributed by atoms with Gasteiger partial charge in [-0.3, -0.25) is 9.59 Å². The third-order valence-corrected chi connectivity index (χ3v) is 4.85. The molecule has 3 rings (SSSR count). The zero-order valence-corrected chi connectivity index (χ0v) is 14.4. The second-order valence-corrected chi connectivity index (χ2v) is 6.62. The molecule has 4 amide bonds. The van der Waals surface area contributed by atoms with E-state index in [0.29, 0.717) is 37.4 Å². The van der Waals surface area contributed by atoms with E-state index < -0.39 is 0 Å². The van der Waals surface area contributed by atoms with E-state index >= 15 is 0 Å². The summed E-state index contributed by atoms with van der Waals surface area (Å²) >= 11 is 0. The van der Waals surface area contributed by atoms with Crippen LogP contribution in [0, 0.1) is 12.8 Å². The fourth-order valence-corrected chi connectivity index (χ4v) is 2.93. The van der Waals surface area contributed by atoms with Crippen LogP contribution in [0.15, 0.2) is 18.2 Å². The molecule has 3 N–H and O–H groups in total. The summed E-state index contributed by atoms with van der Waals surface area (Å²) in [5, 5.41) is 8.48. The van der Waals surface area contributed by atoms with Crippen molar-refractivity contribution < 1.29 is 14.4 Å². The van der Waals surface area contributed by atoms with Gasteiger partial charge in [0, 0.05) is 43.3 Å². The Kier molecular flexibility index (Phi) is 5.21. The number of anilines is 1. The topological polar surface area (TPSA) is 90.5 Å². The molecule has 0 atom stereocenters. The fourth-order valence-electron chi connectivity index (χ4n) is 2.93. The summed E-state index contributed by atoms with van der Waals surface area (Å²) in [7, 11) is 0. The van der Waals surface area contributed by atoms with E-state index in [2.05, 4.69) is 16.0 Å². The van der Waals surface area contributed by atoms with Gasteiger partial charge in [0.25, 0.3) is 5.91 Å². The molecule has 0 unspecified atom stereocenters. The predicted octanol–water partition coefficient (Wildman–Crippen LogP) is 1.49. The minimum absolute atomic E-state index is 0.0342. The van der Waals surface area contributed by atoms with Gasteiger partial charge in [-0.1, -0.05) is 12.5 Å². The van der Waals surface area contributed by atoms with Crippen molar-refractivity contribution in [2.75, 3.05) is 31.5 Å². The van der Waals surface area contributed by atoms with E-state index in [1.165, 1.54) is 0 Å². The van der Waals surface area contributed by atoms with Crippen LogP contribution in [-0.2, 0) is 4.79 Å². The van der Waals surface area contributed by atoms with Crippen molar-refractivity contribution in [1.29, 1.82) is 0 Å². The first-order valence-electron chi connectivity index (χ1n) is 8.77. The number of benzene rings is 1. The van der Waals surface area contributed by atoms with Gasteiger partial charge in [-0.2, -0.15) is 0 Å². The van der Waals surface area contributed by atoms with E-state index in [1.807, 2.05) is 13.0 Å². The van der Waals surface area contributed by atoms with E-state index in [-0.39, 0.29) is 23.8 Å². The van der Waals surface area contributed by atoms with Gasteiger partial charge >= 0.3 is 6.03 Å². The highest BCUT2D eigenvalue weighted by Gasteiger charge is 2.25. The van der Waals surface area contributed by atoms with Crippen molar-refractivity contribution >= 4 is 23.5 Å². The fraction of sp³-hybridized carbons (Fsp3) is 0.500. The first kappa shape index (κ1) is 17.3. The van der Waals surface area contributed by atoms with Crippen LogP contribution in [0.2, 0.25) is 0 Å². The molecular formula is C18H24N4O3. The molecule has 1 saturated carbocycles. The minimum atomic E-state index is -0.209. The second-order valence-electron chi connectivity index (χ2n) is 6.62. The predicted molar refractivity (Wildman–Crippen MR) is 94.5 cm³/mol. The normalized spacial score (nSPS) is 17.0. The Balaban J connectivity index is 1.55. The van der Waals surface area contributed by atoms with E-state index in [9.17, 15) is 14.4 Å². The van der Waals surface area contributed by atoms with E-state index in [1.54, 1.807) is 17.0 Å². The lowest BCUT2D eigenvalue weighted by molar-refractivity contribution is -0.122. The molecule has 0 radical (unpaired) electrons. The summed E-state index contributed by atoms with van der Waals surface area (Å²) < 4.78 is 0. The van der Waals surface area contributed by atoms with Crippen LogP contribution < -0.4 is 16.0 Å². The Bertz CT molecular complexity index is 685. The van der Waals surface area contributed by atoms with Gasteiger partial charge < -0.3 is 20.9 Å². The zero-order chi connectivity index (χ0) is 17.8. The number of urea groups is 1. The Morgan fingerprint density at radius 3 is 2.76 bits per heavy atom. The minimum Gasteiger partial charge on any atom is -0.350 e. The number of rotatable bonds is 6. The van der Waals surface area contributed by atoms with E-state index in [0.717, 1.165) is 24.8 Å². The summed E-state index contributed by atoms with van der Waals surface area (Å²) in [4.78, 5) is 37.5. The average molecular weight is 344 g/mol. The summed E-state index contributed by atoms with van der Waals surface area (Å²) in [5.41, 5.74) is 2.11. The number of amides is 4. The number of carbonyl (C=O) groups excluding carboxylic acids is 3. The van der Waals surface area contributed by atoms with Crippen LogP contribution in [0.5, 0.6) is 0 Å². The number of nitrogens with one attached hydrogen (secondary N) is 3. The van der Waals surface area contributed by atoms with Crippen LogP contribution in [0.4, 0.5) is 10.5 Å². The van der Waals surface area contributed by atoms with E-state index in [4.69, 9.17) is 0 Å². The average Bonchev–Trinajstić information content (AvgIpc) is 2.93. The lowest BCUT2D eigenvalue weighted by atomic mass is 9.85. The number of aryl methyl sites for hydroxylation is 1. The molecule has 7 nitrogen and oxygen atoms in total. The summed E-state index contributed by atoms with van der Waals surface area (Å²) in [6.07, 6.45) is 2.98.